The number of benzene rings is 2. The van der Waals surface area contributed by atoms with Crippen LogP contribution in [-0.4, -0.2) is 43.6 Å². The van der Waals surface area contributed by atoms with Crippen molar-refractivity contribution in [1.29, 1.82) is 0 Å². The van der Waals surface area contributed by atoms with Gasteiger partial charge in [0.05, 0.1) is 29.0 Å². The van der Waals surface area contributed by atoms with Crippen molar-refractivity contribution < 1.29 is 22.7 Å². The molecule has 0 saturated carbocycles. The smallest absolute Gasteiger partial charge is 0.262 e. The molecule has 0 aliphatic carbocycles. The molecule has 11 nitrogen and oxygen atoms in total. The van der Waals surface area contributed by atoms with E-state index < -0.39 is 15.9 Å². The SMILES string of the molecule is CCn1c(NNC(=O)CCNS(=O)(=O)c2ccc3c(c2)OCCCO3)nc2ccccc2c1=O. The lowest BCUT2D eigenvalue weighted by atomic mass is 10.2. The van der Waals surface area contributed by atoms with Crippen LogP contribution in [0.15, 0.2) is 52.2 Å². The molecular weight excluding hydrogens is 462 g/mol. The second-order valence-corrected chi connectivity index (χ2v) is 9.25. The van der Waals surface area contributed by atoms with Crippen molar-refractivity contribution in [1.82, 2.24) is 19.7 Å². The standard InChI is InChI=1S/C22H25N5O6S/c1-2-27-21(29)16-6-3-4-7-17(16)24-22(27)26-25-20(28)10-11-23-34(30,31)15-8-9-18-19(14-15)33-13-5-12-32-18/h3-4,6-9,14,23H,2,5,10-13H2,1H3,(H,24,26)(H,25,28). The van der Waals surface area contributed by atoms with Gasteiger partial charge in [0.1, 0.15) is 0 Å². The highest BCUT2D eigenvalue weighted by molar-refractivity contribution is 7.89. The summed E-state index contributed by atoms with van der Waals surface area (Å²) in [4.78, 5) is 29.3. The third-order valence-electron chi connectivity index (χ3n) is 5.17. The molecule has 2 heterocycles. The molecule has 1 aromatic heterocycles. The summed E-state index contributed by atoms with van der Waals surface area (Å²) in [7, 11) is -3.85. The number of sulfonamides is 1. The first-order chi connectivity index (χ1) is 16.4. The highest BCUT2D eigenvalue weighted by Gasteiger charge is 2.19. The molecule has 2 aromatic carbocycles. The number of anilines is 1. The predicted octanol–water partition coefficient (Wildman–Crippen LogP) is 1.39. The summed E-state index contributed by atoms with van der Waals surface area (Å²) < 4.78 is 40.1. The zero-order valence-electron chi connectivity index (χ0n) is 18.5. The topological polar surface area (TPSA) is 141 Å². The molecule has 180 valence electrons. The number of carbonyl (C=O) groups is 1. The van der Waals surface area contributed by atoms with E-state index in [9.17, 15) is 18.0 Å². The largest absolute Gasteiger partial charge is 0.490 e. The summed E-state index contributed by atoms with van der Waals surface area (Å²) in [5.41, 5.74) is 5.39. The molecule has 3 N–H and O–H groups in total. The van der Waals surface area contributed by atoms with Crippen LogP contribution in [0.25, 0.3) is 10.9 Å². The van der Waals surface area contributed by atoms with Crippen LogP contribution in [-0.2, 0) is 21.4 Å². The second-order valence-electron chi connectivity index (χ2n) is 7.48. The number of rotatable bonds is 8. The van der Waals surface area contributed by atoms with Crippen LogP contribution < -0.4 is 30.6 Å². The van der Waals surface area contributed by atoms with Crippen molar-refractivity contribution in [3.63, 3.8) is 0 Å². The first kappa shape index (κ1) is 23.5. The predicted molar refractivity (Wildman–Crippen MR) is 125 cm³/mol. The van der Waals surface area contributed by atoms with Gasteiger partial charge in [-0.1, -0.05) is 12.1 Å². The number of para-hydroxylation sites is 1. The number of hydrogen-bond acceptors (Lipinski definition) is 8. The Kier molecular flexibility index (Phi) is 6.98. The number of hydrazine groups is 1. The number of ether oxygens (including phenoxy) is 2. The van der Waals surface area contributed by atoms with Gasteiger partial charge >= 0.3 is 0 Å². The number of amides is 1. The van der Waals surface area contributed by atoms with Gasteiger partial charge in [-0.05, 0) is 31.2 Å². The minimum Gasteiger partial charge on any atom is -0.490 e. The molecule has 0 saturated heterocycles. The molecule has 0 unspecified atom stereocenters. The Labute approximate surface area is 196 Å². The van der Waals surface area contributed by atoms with Gasteiger partial charge in [0.25, 0.3) is 5.56 Å². The summed E-state index contributed by atoms with van der Waals surface area (Å²) in [5, 5.41) is 0.477. The van der Waals surface area contributed by atoms with E-state index >= 15 is 0 Å². The number of aromatic nitrogens is 2. The maximum Gasteiger partial charge on any atom is 0.262 e. The van der Waals surface area contributed by atoms with E-state index in [1.807, 2.05) is 0 Å². The summed E-state index contributed by atoms with van der Waals surface area (Å²) in [6.07, 6.45) is 0.571. The Bertz CT molecular complexity index is 1370. The molecule has 0 bridgehead atoms. The maximum absolute atomic E-state index is 12.6. The van der Waals surface area contributed by atoms with Crippen LogP contribution in [0.2, 0.25) is 0 Å². The lowest BCUT2D eigenvalue weighted by molar-refractivity contribution is -0.120. The Morgan fingerprint density at radius 2 is 1.88 bits per heavy atom. The minimum atomic E-state index is -3.85. The van der Waals surface area contributed by atoms with Crippen molar-refractivity contribution in [2.75, 3.05) is 25.2 Å². The molecule has 3 aromatic rings. The van der Waals surface area contributed by atoms with Gasteiger partial charge in [-0.2, -0.15) is 0 Å². The van der Waals surface area contributed by atoms with Gasteiger partial charge in [0, 0.05) is 32.0 Å². The van der Waals surface area contributed by atoms with Crippen molar-refractivity contribution in [2.24, 2.45) is 0 Å². The summed E-state index contributed by atoms with van der Waals surface area (Å²) in [5.74, 6) is 0.570. The highest BCUT2D eigenvalue weighted by atomic mass is 32.2. The van der Waals surface area contributed by atoms with E-state index in [2.05, 4.69) is 20.6 Å². The van der Waals surface area contributed by atoms with Gasteiger partial charge in [-0.25, -0.2) is 18.1 Å². The fourth-order valence-electron chi connectivity index (χ4n) is 3.44. The van der Waals surface area contributed by atoms with E-state index in [-0.39, 0.29) is 29.4 Å². The molecule has 4 rings (SSSR count). The first-order valence-corrected chi connectivity index (χ1v) is 12.3. The number of fused-ring (bicyclic) bond motifs is 2. The second kappa shape index (κ2) is 10.1. The van der Waals surface area contributed by atoms with Crippen LogP contribution in [0.3, 0.4) is 0 Å². The Balaban J connectivity index is 1.35. The molecule has 0 atom stereocenters. The number of carbonyl (C=O) groups excluding carboxylic acids is 1. The zero-order valence-corrected chi connectivity index (χ0v) is 19.4. The minimum absolute atomic E-state index is 0.0163. The molecule has 12 heteroatoms. The van der Waals surface area contributed by atoms with Crippen LogP contribution in [0, 0.1) is 0 Å². The van der Waals surface area contributed by atoms with Crippen molar-refractivity contribution in [2.45, 2.75) is 31.2 Å². The Morgan fingerprint density at radius 1 is 1.12 bits per heavy atom. The molecule has 1 aliphatic heterocycles. The average Bonchev–Trinajstić information content (AvgIpc) is 3.08. The number of nitrogens with zero attached hydrogens (tertiary/aromatic N) is 2. The van der Waals surface area contributed by atoms with Crippen LogP contribution in [0.5, 0.6) is 11.5 Å². The quantitative estimate of drug-likeness (QED) is 0.405. The molecular formula is C22H25N5O6S. The highest BCUT2D eigenvalue weighted by Crippen LogP contribution is 2.31. The van der Waals surface area contributed by atoms with E-state index in [1.54, 1.807) is 37.3 Å². The molecule has 1 amide bonds. The van der Waals surface area contributed by atoms with E-state index in [4.69, 9.17) is 9.47 Å². The van der Waals surface area contributed by atoms with Gasteiger partial charge in [-0.3, -0.25) is 25.0 Å². The number of nitrogens with one attached hydrogen (secondary N) is 3. The first-order valence-electron chi connectivity index (χ1n) is 10.8. The molecule has 34 heavy (non-hydrogen) atoms. The van der Waals surface area contributed by atoms with Crippen molar-refractivity contribution >= 4 is 32.8 Å². The Hall–Kier alpha value is -3.64. The normalized spacial score (nSPS) is 13.3. The monoisotopic (exact) mass is 487 g/mol. The summed E-state index contributed by atoms with van der Waals surface area (Å²) >= 11 is 0. The van der Waals surface area contributed by atoms with Gasteiger partial charge in [0.2, 0.25) is 21.9 Å². The van der Waals surface area contributed by atoms with Gasteiger partial charge in [-0.15, -0.1) is 0 Å². The van der Waals surface area contributed by atoms with E-state index in [0.717, 1.165) is 0 Å². The van der Waals surface area contributed by atoms with Crippen LogP contribution >= 0.6 is 0 Å². The molecule has 0 radical (unpaired) electrons. The fourth-order valence-corrected chi connectivity index (χ4v) is 4.48. The lowest BCUT2D eigenvalue weighted by Crippen LogP contribution is -2.36. The van der Waals surface area contributed by atoms with Crippen molar-refractivity contribution in [3.05, 3.63) is 52.8 Å². The molecule has 1 aliphatic rings. The van der Waals surface area contributed by atoms with Crippen LogP contribution in [0.4, 0.5) is 5.95 Å². The Morgan fingerprint density at radius 3 is 2.68 bits per heavy atom. The van der Waals surface area contributed by atoms with Gasteiger partial charge < -0.3 is 9.47 Å². The average molecular weight is 488 g/mol. The van der Waals surface area contributed by atoms with E-state index in [1.165, 1.54) is 16.7 Å². The number of hydrogen-bond donors (Lipinski definition) is 3. The molecule has 0 fully saturated rings. The summed E-state index contributed by atoms with van der Waals surface area (Å²) in [6, 6.07) is 11.3. The summed E-state index contributed by atoms with van der Waals surface area (Å²) in [6.45, 7) is 2.96. The lowest BCUT2D eigenvalue weighted by Gasteiger charge is -2.14. The maximum atomic E-state index is 12.6. The third kappa shape index (κ3) is 5.13. The van der Waals surface area contributed by atoms with Gasteiger partial charge in [0.15, 0.2) is 11.5 Å². The third-order valence-corrected chi connectivity index (χ3v) is 6.62. The van der Waals surface area contributed by atoms with Crippen molar-refractivity contribution in [3.8, 4) is 11.5 Å². The van der Waals surface area contributed by atoms with E-state index in [0.29, 0.717) is 48.6 Å². The molecule has 0 spiro atoms. The zero-order chi connectivity index (χ0) is 24.1. The fraction of sp³-hybridized carbons (Fsp3) is 0.318. The van der Waals surface area contributed by atoms with Crippen LogP contribution in [0.1, 0.15) is 19.8 Å².